The van der Waals surface area contributed by atoms with Crippen LogP contribution >= 0.6 is 0 Å². The molecule has 1 aliphatic rings. The quantitative estimate of drug-likeness (QED) is 0.777. The number of pyridine rings is 1. The summed E-state index contributed by atoms with van der Waals surface area (Å²) >= 11 is 0. The first-order valence-corrected chi connectivity index (χ1v) is 6.54. The summed E-state index contributed by atoms with van der Waals surface area (Å²) < 4.78 is 0. The third kappa shape index (κ3) is 2.10. The fourth-order valence-corrected chi connectivity index (χ4v) is 2.43. The number of aromatic nitrogens is 1. The average Bonchev–Trinajstić information content (AvgIpc) is 2.79. The van der Waals surface area contributed by atoms with Crippen molar-refractivity contribution in [2.75, 3.05) is 0 Å². The molecule has 1 unspecified atom stereocenters. The fourth-order valence-electron chi connectivity index (χ4n) is 2.43. The van der Waals surface area contributed by atoms with Gasteiger partial charge >= 0.3 is 0 Å². The summed E-state index contributed by atoms with van der Waals surface area (Å²) in [6.07, 6.45) is 1.77. The number of fused-ring (bicyclic) bond motifs is 1. The molecule has 0 spiro atoms. The molecule has 0 N–H and O–H groups in total. The second-order valence-corrected chi connectivity index (χ2v) is 5.80. The van der Waals surface area contributed by atoms with Crippen molar-refractivity contribution in [1.29, 1.82) is 0 Å². The molecule has 3 nitrogen and oxygen atoms in total. The van der Waals surface area contributed by atoms with Gasteiger partial charge in [0.25, 0.3) is 0 Å². The van der Waals surface area contributed by atoms with E-state index in [0.29, 0.717) is 5.88 Å². The van der Waals surface area contributed by atoms with E-state index in [1.165, 1.54) is 5.56 Å². The van der Waals surface area contributed by atoms with Crippen LogP contribution in [0.2, 0.25) is 0 Å². The van der Waals surface area contributed by atoms with E-state index in [0.717, 1.165) is 5.56 Å². The van der Waals surface area contributed by atoms with Crippen molar-refractivity contribution >= 4 is 0 Å². The Morgan fingerprint density at radius 1 is 1.05 bits per heavy atom. The van der Waals surface area contributed by atoms with Crippen molar-refractivity contribution in [2.45, 2.75) is 32.4 Å². The van der Waals surface area contributed by atoms with Gasteiger partial charge in [-0.25, -0.2) is 4.98 Å². The Morgan fingerprint density at radius 2 is 1.79 bits per heavy atom. The van der Waals surface area contributed by atoms with Gasteiger partial charge < -0.3 is 4.84 Å². The molecule has 0 amide bonds. The minimum absolute atomic E-state index is 0.0960. The van der Waals surface area contributed by atoms with E-state index < -0.39 is 0 Å². The van der Waals surface area contributed by atoms with Crippen LogP contribution in [-0.4, -0.2) is 15.6 Å². The van der Waals surface area contributed by atoms with Crippen molar-refractivity contribution in [3.8, 4) is 5.88 Å². The minimum atomic E-state index is -0.0960. The van der Waals surface area contributed by atoms with Gasteiger partial charge in [-0.15, -0.1) is 5.06 Å². The first-order chi connectivity index (χ1) is 9.07. The number of benzene rings is 1. The molecule has 1 aromatic carbocycles. The van der Waals surface area contributed by atoms with Gasteiger partial charge in [-0.2, -0.15) is 0 Å². The lowest BCUT2D eigenvalue weighted by Crippen LogP contribution is -2.43. The van der Waals surface area contributed by atoms with E-state index in [1.807, 2.05) is 17.2 Å². The van der Waals surface area contributed by atoms with Gasteiger partial charge in [0, 0.05) is 17.3 Å². The Hall–Kier alpha value is -1.87. The van der Waals surface area contributed by atoms with E-state index >= 15 is 0 Å². The molecule has 0 radical (unpaired) electrons. The summed E-state index contributed by atoms with van der Waals surface area (Å²) in [5.74, 6) is 0.714. The Kier molecular flexibility index (Phi) is 2.79. The second kappa shape index (κ2) is 4.35. The Balaban J connectivity index is 2.11. The third-order valence-corrected chi connectivity index (χ3v) is 3.29. The van der Waals surface area contributed by atoms with Crippen LogP contribution in [0.15, 0.2) is 48.7 Å². The number of hydroxylamine groups is 2. The predicted molar refractivity (Wildman–Crippen MR) is 74.7 cm³/mol. The maximum absolute atomic E-state index is 5.96. The summed E-state index contributed by atoms with van der Waals surface area (Å²) in [5, 5.41) is 2.03. The summed E-state index contributed by atoms with van der Waals surface area (Å²) in [4.78, 5) is 10.3. The first kappa shape index (κ1) is 12.2. The van der Waals surface area contributed by atoms with Crippen LogP contribution in [0.4, 0.5) is 0 Å². The number of rotatable bonds is 1. The van der Waals surface area contributed by atoms with Gasteiger partial charge in [0.05, 0.1) is 0 Å². The molecule has 3 rings (SSSR count). The lowest BCUT2D eigenvalue weighted by molar-refractivity contribution is -0.131. The lowest BCUT2D eigenvalue weighted by Gasteiger charge is -2.34. The van der Waals surface area contributed by atoms with E-state index in [4.69, 9.17) is 4.84 Å². The zero-order valence-corrected chi connectivity index (χ0v) is 11.5. The topological polar surface area (TPSA) is 25.4 Å². The number of hydrogen-bond acceptors (Lipinski definition) is 3. The smallest absolute Gasteiger partial charge is 0.243 e. The fraction of sp³-hybridized carbons (Fsp3) is 0.312. The predicted octanol–water partition coefficient (Wildman–Crippen LogP) is 3.58. The van der Waals surface area contributed by atoms with Gasteiger partial charge in [-0.1, -0.05) is 30.3 Å². The molecule has 1 atom stereocenters. The summed E-state index contributed by atoms with van der Waals surface area (Å²) in [5.41, 5.74) is 2.26. The standard InChI is InChI=1S/C16H18N2O/c1-16(2,3)18-14(12-8-5-4-6-9-12)13-10-7-11-17-15(13)19-18/h4-11,14H,1-3H3. The Morgan fingerprint density at radius 3 is 2.47 bits per heavy atom. The lowest BCUT2D eigenvalue weighted by atomic mass is 9.96. The van der Waals surface area contributed by atoms with Crippen LogP contribution in [0.3, 0.4) is 0 Å². The monoisotopic (exact) mass is 254 g/mol. The van der Waals surface area contributed by atoms with Crippen LogP contribution < -0.4 is 4.84 Å². The molecule has 0 saturated carbocycles. The molecule has 1 aromatic heterocycles. The molecule has 0 aliphatic carbocycles. The first-order valence-electron chi connectivity index (χ1n) is 6.54. The second-order valence-electron chi connectivity index (χ2n) is 5.80. The molecule has 0 fully saturated rings. The van der Waals surface area contributed by atoms with E-state index in [9.17, 15) is 0 Å². The van der Waals surface area contributed by atoms with Gasteiger partial charge in [0.15, 0.2) is 0 Å². The summed E-state index contributed by atoms with van der Waals surface area (Å²) in [6, 6.07) is 14.6. The highest BCUT2D eigenvalue weighted by Crippen LogP contribution is 2.43. The van der Waals surface area contributed by atoms with Crippen LogP contribution in [0.25, 0.3) is 0 Å². The molecular weight excluding hydrogens is 236 g/mol. The van der Waals surface area contributed by atoms with Crippen molar-refractivity contribution in [3.05, 3.63) is 59.8 Å². The molecule has 0 bridgehead atoms. The maximum Gasteiger partial charge on any atom is 0.243 e. The highest BCUT2D eigenvalue weighted by molar-refractivity contribution is 5.40. The summed E-state index contributed by atoms with van der Waals surface area (Å²) in [7, 11) is 0. The van der Waals surface area contributed by atoms with Crippen molar-refractivity contribution < 1.29 is 4.84 Å². The molecule has 1 aliphatic heterocycles. The molecule has 3 heteroatoms. The van der Waals surface area contributed by atoms with Crippen LogP contribution in [0.5, 0.6) is 5.88 Å². The molecular formula is C16H18N2O. The van der Waals surface area contributed by atoms with Gasteiger partial charge in [-0.3, -0.25) is 0 Å². The SMILES string of the molecule is CC(C)(C)N1Oc2ncccc2C1c1ccccc1. The van der Waals surface area contributed by atoms with Crippen LogP contribution in [0, 0.1) is 0 Å². The normalized spacial score (nSPS) is 19.0. The Bertz CT molecular complexity index is 575. The Labute approximate surface area is 113 Å². The molecule has 2 heterocycles. The highest BCUT2D eigenvalue weighted by atomic mass is 16.7. The zero-order valence-electron chi connectivity index (χ0n) is 11.5. The van der Waals surface area contributed by atoms with Crippen LogP contribution in [-0.2, 0) is 0 Å². The zero-order chi connectivity index (χ0) is 13.5. The van der Waals surface area contributed by atoms with E-state index in [-0.39, 0.29) is 11.6 Å². The molecule has 98 valence electrons. The molecule has 19 heavy (non-hydrogen) atoms. The average molecular weight is 254 g/mol. The summed E-state index contributed by atoms with van der Waals surface area (Å²) in [6.45, 7) is 6.44. The van der Waals surface area contributed by atoms with Gasteiger partial charge in [0.1, 0.15) is 6.04 Å². The largest absolute Gasteiger partial charge is 0.384 e. The number of hydrogen-bond donors (Lipinski definition) is 0. The van der Waals surface area contributed by atoms with Crippen molar-refractivity contribution in [2.24, 2.45) is 0 Å². The van der Waals surface area contributed by atoms with E-state index in [2.05, 4.69) is 56.1 Å². The third-order valence-electron chi connectivity index (χ3n) is 3.29. The van der Waals surface area contributed by atoms with E-state index in [1.54, 1.807) is 6.20 Å². The molecule has 0 saturated heterocycles. The maximum atomic E-state index is 5.96. The molecule has 2 aromatic rings. The van der Waals surface area contributed by atoms with Crippen LogP contribution in [0.1, 0.15) is 37.9 Å². The van der Waals surface area contributed by atoms with Crippen molar-refractivity contribution in [3.63, 3.8) is 0 Å². The van der Waals surface area contributed by atoms with Gasteiger partial charge in [0.2, 0.25) is 5.88 Å². The highest BCUT2D eigenvalue weighted by Gasteiger charge is 2.40. The van der Waals surface area contributed by atoms with Crippen molar-refractivity contribution in [1.82, 2.24) is 10.0 Å². The minimum Gasteiger partial charge on any atom is -0.384 e. The number of nitrogens with zero attached hydrogens (tertiary/aromatic N) is 2. The van der Waals surface area contributed by atoms with Gasteiger partial charge in [-0.05, 0) is 38.5 Å².